The molecule has 0 aromatic heterocycles. The van der Waals surface area contributed by atoms with Gasteiger partial charge in [-0.3, -0.25) is 0 Å². The van der Waals surface area contributed by atoms with Gasteiger partial charge in [-0.25, -0.2) is 4.39 Å². The number of hydrogen-bond acceptors (Lipinski definition) is 1. The number of hydrogen-bond donors (Lipinski definition) is 1. The van der Waals surface area contributed by atoms with Crippen molar-refractivity contribution in [2.24, 2.45) is 11.8 Å². The minimum absolute atomic E-state index is 0.284. The van der Waals surface area contributed by atoms with E-state index in [0.717, 1.165) is 37.9 Å². The first-order valence-electron chi connectivity index (χ1n) is 7.18. The second kappa shape index (κ2) is 8.55. The lowest BCUT2D eigenvalue weighted by molar-refractivity contribution is 0.385. The maximum atomic E-state index is 13.5. The van der Waals surface area contributed by atoms with Gasteiger partial charge < -0.3 is 5.32 Å². The maximum absolute atomic E-state index is 13.5. The van der Waals surface area contributed by atoms with E-state index in [1.807, 2.05) is 6.07 Å². The summed E-state index contributed by atoms with van der Waals surface area (Å²) in [6, 6.07) is 5.08. The Morgan fingerprint density at radius 3 is 2.68 bits per heavy atom. The second-order valence-corrected chi connectivity index (χ2v) is 5.99. The zero-order valence-corrected chi connectivity index (χ0v) is 12.9. The number of nitrogens with one attached hydrogen (secondary N) is 1. The second-order valence-electron chi connectivity index (χ2n) is 5.62. The Balaban J connectivity index is 2.67. The summed E-state index contributed by atoms with van der Waals surface area (Å²) in [4.78, 5) is 0. The van der Waals surface area contributed by atoms with Crippen molar-refractivity contribution in [3.05, 3.63) is 34.6 Å². The molecule has 3 heteroatoms. The fourth-order valence-electron chi connectivity index (χ4n) is 2.41. The van der Waals surface area contributed by atoms with Crippen LogP contribution in [0.15, 0.2) is 18.2 Å². The zero-order valence-electron chi connectivity index (χ0n) is 12.2. The first kappa shape index (κ1) is 16.5. The molecule has 1 rings (SSSR count). The monoisotopic (exact) mass is 285 g/mol. The predicted molar refractivity (Wildman–Crippen MR) is 81.2 cm³/mol. The van der Waals surface area contributed by atoms with Crippen LogP contribution in [0.4, 0.5) is 4.39 Å². The molecule has 19 heavy (non-hydrogen) atoms. The van der Waals surface area contributed by atoms with Gasteiger partial charge in [-0.15, -0.1) is 0 Å². The average Bonchev–Trinajstić information content (AvgIpc) is 2.34. The largest absolute Gasteiger partial charge is 0.316 e. The van der Waals surface area contributed by atoms with Crippen LogP contribution in [0, 0.1) is 17.7 Å². The van der Waals surface area contributed by atoms with Crippen LogP contribution in [0.2, 0.25) is 5.02 Å². The fourth-order valence-corrected chi connectivity index (χ4v) is 2.61. The Labute approximate surface area is 121 Å². The highest BCUT2D eigenvalue weighted by atomic mass is 35.5. The molecule has 1 aromatic rings. The zero-order chi connectivity index (χ0) is 14.3. The molecule has 1 atom stereocenters. The molecule has 0 saturated carbocycles. The topological polar surface area (TPSA) is 12.0 Å². The highest BCUT2D eigenvalue weighted by Crippen LogP contribution is 2.24. The molecule has 0 bridgehead atoms. The molecule has 0 aliphatic heterocycles. The smallest absolute Gasteiger partial charge is 0.142 e. The van der Waals surface area contributed by atoms with Crippen LogP contribution in [-0.2, 0) is 6.42 Å². The molecule has 0 radical (unpaired) electrons. The van der Waals surface area contributed by atoms with E-state index in [9.17, 15) is 4.39 Å². The number of halogens is 2. The highest BCUT2D eigenvalue weighted by Gasteiger charge is 2.14. The minimum atomic E-state index is -0.316. The van der Waals surface area contributed by atoms with Crippen LogP contribution in [-0.4, -0.2) is 13.1 Å². The van der Waals surface area contributed by atoms with E-state index in [1.165, 1.54) is 6.07 Å². The summed E-state index contributed by atoms with van der Waals surface area (Å²) in [5, 5.41) is 3.74. The van der Waals surface area contributed by atoms with Crippen molar-refractivity contribution < 1.29 is 4.39 Å². The van der Waals surface area contributed by atoms with Crippen molar-refractivity contribution in [1.82, 2.24) is 5.32 Å². The van der Waals surface area contributed by atoms with E-state index < -0.39 is 0 Å². The van der Waals surface area contributed by atoms with Crippen molar-refractivity contribution in [3.8, 4) is 0 Å². The number of rotatable bonds is 8. The molecule has 0 aliphatic rings. The summed E-state index contributed by atoms with van der Waals surface area (Å²) >= 11 is 6.04. The summed E-state index contributed by atoms with van der Waals surface area (Å²) < 4.78 is 13.5. The van der Waals surface area contributed by atoms with Crippen molar-refractivity contribution in [2.75, 3.05) is 13.1 Å². The Morgan fingerprint density at radius 1 is 1.32 bits per heavy atom. The van der Waals surface area contributed by atoms with Gasteiger partial charge in [0.2, 0.25) is 0 Å². The van der Waals surface area contributed by atoms with Crippen LogP contribution < -0.4 is 5.32 Å². The van der Waals surface area contributed by atoms with Crippen LogP contribution in [0.1, 0.15) is 39.2 Å². The van der Waals surface area contributed by atoms with Gasteiger partial charge in [0.1, 0.15) is 5.82 Å². The molecule has 0 heterocycles. The van der Waals surface area contributed by atoms with Crippen molar-refractivity contribution in [3.63, 3.8) is 0 Å². The van der Waals surface area contributed by atoms with Gasteiger partial charge in [-0.05, 0) is 55.8 Å². The summed E-state index contributed by atoms with van der Waals surface area (Å²) in [5.74, 6) is 0.829. The van der Waals surface area contributed by atoms with Crippen LogP contribution in [0.5, 0.6) is 0 Å². The highest BCUT2D eigenvalue weighted by molar-refractivity contribution is 6.31. The molecule has 0 spiro atoms. The fraction of sp³-hybridized carbons (Fsp3) is 0.625. The summed E-state index contributed by atoms with van der Waals surface area (Å²) in [6.07, 6.45) is 3.10. The Bertz CT molecular complexity index is 379. The van der Waals surface area contributed by atoms with Gasteiger partial charge in [0, 0.05) is 0 Å². The molecule has 108 valence electrons. The first-order valence-corrected chi connectivity index (χ1v) is 7.56. The molecule has 0 fully saturated rings. The van der Waals surface area contributed by atoms with Gasteiger partial charge in [0.15, 0.2) is 0 Å². The molecular formula is C16H25ClFN. The third kappa shape index (κ3) is 5.92. The van der Waals surface area contributed by atoms with Crippen LogP contribution in [0.25, 0.3) is 0 Å². The van der Waals surface area contributed by atoms with Gasteiger partial charge in [0.05, 0.1) is 5.02 Å². The van der Waals surface area contributed by atoms with Crippen molar-refractivity contribution in [1.29, 1.82) is 0 Å². The third-order valence-electron chi connectivity index (χ3n) is 3.20. The predicted octanol–water partition coefficient (Wildman–Crippen LogP) is 4.68. The SMILES string of the molecule is CCCNCC(Cc1cccc(F)c1Cl)CC(C)C. The summed E-state index contributed by atoms with van der Waals surface area (Å²) in [7, 11) is 0. The van der Waals surface area contributed by atoms with E-state index in [4.69, 9.17) is 11.6 Å². The Kier molecular flexibility index (Phi) is 7.40. The molecule has 1 aromatic carbocycles. The quantitative estimate of drug-likeness (QED) is 0.684. The Hall–Kier alpha value is -0.600. The average molecular weight is 286 g/mol. The third-order valence-corrected chi connectivity index (χ3v) is 3.63. The lowest BCUT2D eigenvalue weighted by Gasteiger charge is -2.20. The molecule has 1 nitrogen and oxygen atoms in total. The Morgan fingerprint density at radius 2 is 2.05 bits per heavy atom. The number of benzene rings is 1. The summed E-state index contributed by atoms with van der Waals surface area (Å²) in [5.41, 5.74) is 0.922. The van der Waals surface area contributed by atoms with Crippen molar-refractivity contribution >= 4 is 11.6 Å². The van der Waals surface area contributed by atoms with E-state index in [1.54, 1.807) is 6.07 Å². The molecule has 1 unspecified atom stereocenters. The van der Waals surface area contributed by atoms with Gasteiger partial charge in [-0.1, -0.05) is 44.5 Å². The molecule has 0 amide bonds. The minimum Gasteiger partial charge on any atom is -0.316 e. The van der Waals surface area contributed by atoms with E-state index in [-0.39, 0.29) is 10.8 Å². The maximum Gasteiger partial charge on any atom is 0.142 e. The molecule has 0 saturated heterocycles. The first-order chi connectivity index (χ1) is 9.04. The standard InChI is InChI=1S/C16H25ClFN/c1-4-8-19-11-13(9-12(2)3)10-14-6-5-7-15(18)16(14)17/h5-7,12-13,19H,4,8-11H2,1-3H3. The molecular weight excluding hydrogens is 261 g/mol. The van der Waals surface area contributed by atoms with E-state index in [2.05, 4.69) is 26.1 Å². The lowest BCUT2D eigenvalue weighted by Crippen LogP contribution is -2.26. The van der Waals surface area contributed by atoms with Crippen molar-refractivity contribution in [2.45, 2.75) is 40.0 Å². The molecule has 0 aliphatic carbocycles. The van der Waals surface area contributed by atoms with Gasteiger partial charge in [-0.2, -0.15) is 0 Å². The van der Waals surface area contributed by atoms with E-state index in [0.29, 0.717) is 11.8 Å². The van der Waals surface area contributed by atoms with Crippen LogP contribution >= 0.6 is 11.6 Å². The summed E-state index contributed by atoms with van der Waals surface area (Å²) in [6.45, 7) is 8.61. The normalized spacial score (nSPS) is 12.9. The van der Waals surface area contributed by atoms with Gasteiger partial charge in [0.25, 0.3) is 0 Å². The van der Waals surface area contributed by atoms with Gasteiger partial charge >= 0.3 is 0 Å². The van der Waals surface area contributed by atoms with Crippen LogP contribution in [0.3, 0.4) is 0 Å². The van der Waals surface area contributed by atoms with E-state index >= 15 is 0 Å². The lowest BCUT2D eigenvalue weighted by atomic mass is 9.90. The molecule has 1 N–H and O–H groups in total.